The van der Waals surface area contributed by atoms with Crippen molar-refractivity contribution in [2.45, 2.75) is 13.0 Å². The molecule has 0 aliphatic carbocycles. The van der Waals surface area contributed by atoms with Gasteiger partial charge in [-0.05, 0) is 31.2 Å². The predicted octanol–water partition coefficient (Wildman–Crippen LogP) is 2.94. The first-order valence-electron chi connectivity index (χ1n) is 5.48. The minimum atomic E-state index is -0.205. The van der Waals surface area contributed by atoms with E-state index < -0.39 is 0 Å². The standard InChI is InChI=1S/C13H15ClN2O/c1-9(13(17)15(2)3)16-7-6-10-8-11(14)4-5-12(10)16/h4-9H,1-3H3. The summed E-state index contributed by atoms with van der Waals surface area (Å²) in [5.74, 6) is 0.0810. The summed E-state index contributed by atoms with van der Waals surface area (Å²) < 4.78 is 1.97. The molecule has 1 unspecified atom stereocenters. The van der Waals surface area contributed by atoms with Crippen LogP contribution in [0.2, 0.25) is 5.02 Å². The van der Waals surface area contributed by atoms with Gasteiger partial charge in [0.15, 0.2) is 0 Å². The molecule has 4 heteroatoms. The fraction of sp³-hybridized carbons (Fsp3) is 0.308. The molecule has 1 aromatic carbocycles. The van der Waals surface area contributed by atoms with Gasteiger partial charge in [0.1, 0.15) is 6.04 Å². The van der Waals surface area contributed by atoms with Gasteiger partial charge in [-0.15, -0.1) is 0 Å². The molecule has 17 heavy (non-hydrogen) atoms. The van der Waals surface area contributed by atoms with Crippen LogP contribution in [0, 0.1) is 0 Å². The van der Waals surface area contributed by atoms with E-state index in [-0.39, 0.29) is 11.9 Å². The summed E-state index contributed by atoms with van der Waals surface area (Å²) in [5.41, 5.74) is 1.03. The maximum absolute atomic E-state index is 11.9. The second-order valence-corrected chi connectivity index (χ2v) is 4.77. The maximum Gasteiger partial charge on any atom is 0.244 e. The van der Waals surface area contributed by atoms with Crippen molar-refractivity contribution in [1.29, 1.82) is 0 Å². The monoisotopic (exact) mass is 250 g/mol. The smallest absolute Gasteiger partial charge is 0.244 e. The van der Waals surface area contributed by atoms with Crippen LogP contribution < -0.4 is 0 Å². The van der Waals surface area contributed by atoms with E-state index in [1.165, 1.54) is 0 Å². The summed E-state index contributed by atoms with van der Waals surface area (Å²) in [6.45, 7) is 1.90. The molecule has 0 spiro atoms. The van der Waals surface area contributed by atoms with Crippen molar-refractivity contribution >= 4 is 28.4 Å². The van der Waals surface area contributed by atoms with Crippen LogP contribution in [0.1, 0.15) is 13.0 Å². The zero-order valence-electron chi connectivity index (χ0n) is 10.1. The van der Waals surface area contributed by atoms with Gasteiger partial charge in [-0.2, -0.15) is 0 Å². The van der Waals surface area contributed by atoms with Gasteiger partial charge in [-0.1, -0.05) is 11.6 Å². The zero-order chi connectivity index (χ0) is 12.6. The number of aromatic nitrogens is 1. The van der Waals surface area contributed by atoms with Gasteiger partial charge < -0.3 is 9.47 Å². The highest BCUT2D eigenvalue weighted by atomic mass is 35.5. The molecule has 2 rings (SSSR count). The summed E-state index contributed by atoms with van der Waals surface area (Å²) in [5, 5.41) is 1.76. The SMILES string of the molecule is CC(C(=O)N(C)C)n1ccc2cc(Cl)ccc21. The van der Waals surface area contributed by atoms with Crippen LogP contribution in [0.25, 0.3) is 10.9 Å². The second kappa shape index (κ2) is 4.41. The van der Waals surface area contributed by atoms with Crippen LogP contribution >= 0.6 is 11.6 Å². The first kappa shape index (κ1) is 12.0. The zero-order valence-corrected chi connectivity index (χ0v) is 10.9. The fourth-order valence-electron chi connectivity index (χ4n) is 1.97. The molecule has 3 nitrogen and oxygen atoms in total. The topological polar surface area (TPSA) is 25.2 Å². The molecule has 90 valence electrons. The first-order valence-corrected chi connectivity index (χ1v) is 5.86. The largest absolute Gasteiger partial charge is 0.347 e. The number of rotatable bonds is 2. The summed E-state index contributed by atoms with van der Waals surface area (Å²) in [6.07, 6.45) is 1.92. The number of hydrogen-bond acceptors (Lipinski definition) is 1. The van der Waals surface area contributed by atoms with E-state index in [1.54, 1.807) is 19.0 Å². The lowest BCUT2D eigenvalue weighted by molar-refractivity contribution is -0.131. The summed E-state index contributed by atoms with van der Waals surface area (Å²) in [6, 6.07) is 7.45. The van der Waals surface area contributed by atoms with Crippen molar-refractivity contribution in [2.24, 2.45) is 0 Å². The Balaban J connectivity index is 2.46. The number of fused-ring (bicyclic) bond motifs is 1. The lowest BCUT2D eigenvalue weighted by Gasteiger charge is -2.19. The van der Waals surface area contributed by atoms with E-state index in [4.69, 9.17) is 11.6 Å². The van der Waals surface area contributed by atoms with Crippen LogP contribution in [0.15, 0.2) is 30.5 Å². The first-order chi connectivity index (χ1) is 8.00. The van der Waals surface area contributed by atoms with Crippen LogP contribution in [0.5, 0.6) is 0 Å². The fourth-order valence-corrected chi connectivity index (χ4v) is 2.15. The minimum absolute atomic E-state index is 0.0810. The van der Waals surface area contributed by atoms with Crippen molar-refractivity contribution in [3.05, 3.63) is 35.5 Å². The Morgan fingerprint density at radius 3 is 2.71 bits per heavy atom. The summed E-state index contributed by atoms with van der Waals surface area (Å²) in [4.78, 5) is 13.5. The van der Waals surface area contributed by atoms with Crippen LogP contribution in [-0.2, 0) is 4.79 Å². The van der Waals surface area contributed by atoms with E-state index in [9.17, 15) is 4.79 Å². The predicted molar refractivity (Wildman–Crippen MR) is 70.4 cm³/mol. The molecule has 1 heterocycles. The second-order valence-electron chi connectivity index (χ2n) is 4.33. The van der Waals surface area contributed by atoms with E-state index in [0.29, 0.717) is 5.02 Å². The van der Waals surface area contributed by atoms with Gasteiger partial charge in [0.05, 0.1) is 0 Å². The molecule has 1 amide bonds. The van der Waals surface area contributed by atoms with Crippen LogP contribution in [0.3, 0.4) is 0 Å². The molecule has 1 atom stereocenters. The van der Waals surface area contributed by atoms with Crippen molar-refractivity contribution in [3.63, 3.8) is 0 Å². The van der Waals surface area contributed by atoms with Crippen molar-refractivity contribution in [1.82, 2.24) is 9.47 Å². The molecule has 0 aliphatic heterocycles. The Morgan fingerprint density at radius 2 is 2.06 bits per heavy atom. The average molecular weight is 251 g/mol. The molecular formula is C13H15ClN2O. The third-order valence-corrected chi connectivity index (χ3v) is 3.13. The molecule has 0 aliphatic rings. The van der Waals surface area contributed by atoms with Gasteiger partial charge in [-0.3, -0.25) is 4.79 Å². The average Bonchev–Trinajstić information content (AvgIpc) is 2.69. The number of carbonyl (C=O) groups is 1. The van der Waals surface area contributed by atoms with E-state index in [2.05, 4.69) is 0 Å². The Kier molecular flexibility index (Phi) is 3.11. The van der Waals surface area contributed by atoms with E-state index in [0.717, 1.165) is 10.9 Å². The highest BCUT2D eigenvalue weighted by molar-refractivity contribution is 6.31. The highest BCUT2D eigenvalue weighted by Crippen LogP contribution is 2.23. The third-order valence-electron chi connectivity index (χ3n) is 2.90. The molecule has 0 fully saturated rings. The molecule has 0 radical (unpaired) electrons. The lowest BCUT2D eigenvalue weighted by atomic mass is 10.2. The van der Waals surface area contributed by atoms with Crippen molar-refractivity contribution in [2.75, 3.05) is 14.1 Å². The summed E-state index contributed by atoms with van der Waals surface area (Å²) >= 11 is 5.94. The maximum atomic E-state index is 11.9. The Labute approximate surface area is 106 Å². The quantitative estimate of drug-likeness (QED) is 0.805. The molecule has 0 bridgehead atoms. The highest BCUT2D eigenvalue weighted by Gasteiger charge is 2.17. The number of carbonyl (C=O) groups excluding carboxylic acids is 1. The minimum Gasteiger partial charge on any atom is -0.347 e. The lowest BCUT2D eigenvalue weighted by Crippen LogP contribution is -2.29. The van der Waals surface area contributed by atoms with E-state index >= 15 is 0 Å². The third kappa shape index (κ3) is 2.15. The van der Waals surface area contributed by atoms with Crippen LogP contribution in [0.4, 0.5) is 0 Å². The van der Waals surface area contributed by atoms with Gasteiger partial charge in [0, 0.05) is 36.2 Å². The number of nitrogens with zero attached hydrogens (tertiary/aromatic N) is 2. The molecule has 2 aromatic rings. The Hall–Kier alpha value is -1.48. The van der Waals surface area contributed by atoms with Crippen LogP contribution in [-0.4, -0.2) is 29.5 Å². The number of halogens is 1. The van der Waals surface area contributed by atoms with E-state index in [1.807, 2.05) is 42.0 Å². The molecule has 0 N–H and O–H groups in total. The number of benzene rings is 1. The van der Waals surface area contributed by atoms with Crippen molar-refractivity contribution < 1.29 is 4.79 Å². The normalized spacial score (nSPS) is 12.7. The van der Waals surface area contributed by atoms with Gasteiger partial charge >= 0.3 is 0 Å². The molecular weight excluding hydrogens is 236 g/mol. The Morgan fingerprint density at radius 1 is 1.35 bits per heavy atom. The number of hydrogen-bond donors (Lipinski definition) is 0. The molecule has 1 aromatic heterocycles. The van der Waals surface area contributed by atoms with Crippen molar-refractivity contribution in [3.8, 4) is 0 Å². The van der Waals surface area contributed by atoms with Gasteiger partial charge in [0.25, 0.3) is 0 Å². The molecule has 0 saturated heterocycles. The summed E-state index contributed by atoms with van der Waals surface area (Å²) in [7, 11) is 3.53. The van der Waals surface area contributed by atoms with Gasteiger partial charge in [0.2, 0.25) is 5.91 Å². The van der Waals surface area contributed by atoms with Gasteiger partial charge in [-0.25, -0.2) is 0 Å². The number of amides is 1. The Bertz CT molecular complexity index is 560. The molecule has 0 saturated carbocycles. The number of likely N-dealkylation sites (N-methyl/N-ethyl adjacent to an activating group) is 1.